The molecule has 1 aromatic rings. The smallest absolute Gasteiger partial charge is 0.258 e. The summed E-state index contributed by atoms with van der Waals surface area (Å²) >= 11 is 0. The summed E-state index contributed by atoms with van der Waals surface area (Å²) < 4.78 is 26.1. The van der Waals surface area contributed by atoms with Gasteiger partial charge >= 0.3 is 0 Å². The van der Waals surface area contributed by atoms with Crippen LogP contribution in [-0.2, 0) is 10.0 Å². The summed E-state index contributed by atoms with van der Waals surface area (Å²) in [5.41, 5.74) is -0.887. The molecule has 1 heterocycles. The number of aromatic nitrogens is 1. The number of nitrogens with one attached hydrogen (secondary N) is 1. The second-order valence-corrected chi connectivity index (χ2v) is 6.14. The Hall–Kier alpha value is -0.980. The highest BCUT2D eigenvalue weighted by Gasteiger charge is 2.32. The Balaban J connectivity index is 2.04. The lowest BCUT2D eigenvalue weighted by molar-refractivity contribution is 0.0531. The average Bonchev–Trinajstić information content (AvgIpc) is 2.76. The van der Waals surface area contributed by atoms with Crippen LogP contribution in [-0.4, -0.2) is 30.7 Å². The first-order chi connectivity index (χ1) is 8.02. The molecule has 1 aromatic heterocycles. The Morgan fingerprint density at radius 1 is 1.35 bits per heavy atom. The summed E-state index contributed by atoms with van der Waals surface area (Å²) in [6.07, 6.45) is 4.62. The van der Waals surface area contributed by atoms with E-state index >= 15 is 0 Å². The molecular formula is C11H16N2O3S. The molecule has 0 bridgehead atoms. The third-order valence-electron chi connectivity index (χ3n) is 3.04. The lowest BCUT2D eigenvalue weighted by Gasteiger charge is -2.22. The van der Waals surface area contributed by atoms with E-state index in [0.29, 0.717) is 12.8 Å². The van der Waals surface area contributed by atoms with Gasteiger partial charge in [0.1, 0.15) is 0 Å². The van der Waals surface area contributed by atoms with E-state index in [-0.39, 0.29) is 11.6 Å². The van der Waals surface area contributed by atoms with Crippen molar-refractivity contribution in [2.45, 2.75) is 36.3 Å². The van der Waals surface area contributed by atoms with E-state index in [2.05, 4.69) is 9.71 Å². The molecule has 0 amide bonds. The summed E-state index contributed by atoms with van der Waals surface area (Å²) in [5, 5.41) is 10.0. The lowest BCUT2D eigenvalue weighted by Crippen LogP contribution is -2.40. The van der Waals surface area contributed by atoms with Gasteiger partial charge in [-0.1, -0.05) is 18.9 Å². The number of hydrogen-bond donors (Lipinski definition) is 2. The number of aliphatic hydroxyl groups is 1. The van der Waals surface area contributed by atoms with E-state index in [0.717, 1.165) is 12.8 Å². The maximum absolute atomic E-state index is 11.8. The second-order valence-electron chi connectivity index (χ2n) is 4.42. The molecule has 17 heavy (non-hydrogen) atoms. The van der Waals surface area contributed by atoms with Crippen molar-refractivity contribution in [3.8, 4) is 0 Å². The highest BCUT2D eigenvalue weighted by Crippen LogP contribution is 2.28. The third-order valence-corrected chi connectivity index (χ3v) is 4.36. The van der Waals surface area contributed by atoms with Crippen LogP contribution in [0.5, 0.6) is 0 Å². The molecular weight excluding hydrogens is 240 g/mol. The maximum Gasteiger partial charge on any atom is 0.258 e. The fraction of sp³-hybridized carbons (Fsp3) is 0.545. The van der Waals surface area contributed by atoms with Crippen molar-refractivity contribution in [2.75, 3.05) is 6.54 Å². The number of rotatable bonds is 4. The van der Waals surface area contributed by atoms with E-state index in [9.17, 15) is 13.5 Å². The van der Waals surface area contributed by atoms with Gasteiger partial charge in [-0.05, 0) is 25.0 Å². The van der Waals surface area contributed by atoms with Gasteiger partial charge in [-0.25, -0.2) is 18.1 Å². The number of pyridine rings is 1. The molecule has 2 rings (SSSR count). The summed E-state index contributed by atoms with van der Waals surface area (Å²) in [6.45, 7) is 0.0614. The fourth-order valence-electron chi connectivity index (χ4n) is 2.02. The monoisotopic (exact) mass is 256 g/mol. The van der Waals surface area contributed by atoms with Crippen LogP contribution in [0.3, 0.4) is 0 Å². The first-order valence-electron chi connectivity index (χ1n) is 5.65. The normalized spacial score (nSPS) is 19.4. The maximum atomic E-state index is 11.8. The van der Waals surface area contributed by atoms with E-state index in [1.807, 2.05) is 0 Å². The van der Waals surface area contributed by atoms with Crippen molar-refractivity contribution < 1.29 is 13.5 Å². The zero-order valence-electron chi connectivity index (χ0n) is 9.46. The van der Waals surface area contributed by atoms with Crippen molar-refractivity contribution in [1.29, 1.82) is 0 Å². The highest BCUT2D eigenvalue weighted by molar-refractivity contribution is 7.89. The molecule has 94 valence electrons. The van der Waals surface area contributed by atoms with Crippen molar-refractivity contribution in [1.82, 2.24) is 9.71 Å². The molecule has 0 unspecified atom stereocenters. The second kappa shape index (κ2) is 4.72. The number of sulfonamides is 1. The van der Waals surface area contributed by atoms with Crippen molar-refractivity contribution in [2.24, 2.45) is 0 Å². The summed E-state index contributed by atoms with van der Waals surface area (Å²) in [6, 6.07) is 4.70. The van der Waals surface area contributed by atoms with Crippen LogP contribution in [0.1, 0.15) is 25.7 Å². The standard InChI is InChI=1S/C11H16N2O3S/c14-11(6-2-3-7-11)9-13-17(15,16)10-5-1-4-8-12-10/h1,4-5,8,13-14H,2-3,6-7,9H2. The Labute approximate surface area is 101 Å². The molecule has 1 fully saturated rings. The molecule has 2 N–H and O–H groups in total. The molecule has 1 aliphatic rings. The topological polar surface area (TPSA) is 79.3 Å². The molecule has 0 radical (unpaired) electrons. The molecule has 6 heteroatoms. The van der Waals surface area contributed by atoms with Crippen LogP contribution in [0.25, 0.3) is 0 Å². The predicted octanol–water partition coefficient (Wildman–Crippen LogP) is 0.665. The van der Waals surface area contributed by atoms with Gasteiger partial charge in [0.25, 0.3) is 10.0 Å². The number of hydrogen-bond acceptors (Lipinski definition) is 4. The Morgan fingerprint density at radius 3 is 2.65 bits per heavy atom. The van der Waals surface area contributed by atoms with Crippen LogP contribution in [0.15, 0.2) is 29.4 Å². The first kappa shape index (κ1) is 12.5. The molecule has 0 atom stereocenters. The minimum absolute atomic E-state index is 0.0124. The van der Waals surface area contributed by atoms with Gasteiger partial charge in [0.15, 0.2) is 5.03 Å². The molecule has 5 nitrogen and oxygen atoms in total. The quantitative estimate of drug-likeness (QED) is 0.829. The predicted molar refractivity (Wildman–Crippen MR) is 62.8 cm³/mol. The zero-order chi connectivity index (χ0) is 12.4. The van der Waals surface area contributed by atoms with Crippen LogP contribution in [0.4, 0.5) is 0 Å². The molecule has 0 aliphatic heterocycles. The van der Waals surface area contributed by atoms with Crippen LogP contribution < -0.4 is 4.72 Å². The molecule has 1 aliphatic carbocycles. The third kappa shape index (κ3) is 3.02. The Bertz CT molecular complexity index is 467. The largest absolute Gasteiger partial charge is 0.389 e. The summed E-state index contributed by atoms with van der Waals surface area (Å²) in [4.78, 5) is 3.79. The molecule has 0 saturated heterocycles. The SMILES string of the molecule is O=S(=O)(NCC1(O)CCCC1)c1ccccn1. The molecule has 1 saturated carbocycles. The summed E-state index contributed by atoms with van der Waals surface area (Å²) in [5.74, 6) is 0. The van der Waals surface area contributed by atoms with Crippen molar-refractivity contribution in [3.63, 3.8) is 0 Å². The lowest BCUT2D eigenvalue weighted by atomic mass is 10.0. The first-order valence-corrected chi connectivity index (χ1v) is 7.13. The zero-order valence-corrected chi connectivity index (χ0v) is 10.3. The van der Waals surface area contributed by atoms with Gasteiger partial charge in [-0.15, -0.1) is 0 Å². The average molecular weight is 256 g/mol. The van der Waals surface area contributed by atoms with Gasteiger partial charge in [-0.3, -0.25) is 0 Å². The van der Waals surface area contributed by atoms with Gasteiger partial charge in [0, 0.05) is 12.7 Å². The van der Waals surface area contributed by atoms with Crippen molar-refractivity contribution >= 4 is 10.0 Å². The number of nitrogens with zero attached hydrogens (tertiary/aromatic N) is 1. The van der Waals surface area contributed by atoms with Crippen LogP contribution in [0, 0.1) is 0 Å². The van der Waals surface area contributed by atoms with Crippen LogP contribution >= 0.6 is 0 Å². The van der Waals surface area contributed by atoms with Gasteiger partial charge in [-0.2, -0.15) is 0 Å². The minimum Gasteiger partial charge on any atom is -0.389 e. The highest BCUT2D eigenvalue weighted by atomic mass is 32.2. The van der Waals surface area contributed by atoms with Crippen LogP contribution in [0.2, 0.25) is 0 Å². The van der Waals surface area contributed by atoms with E-state index in [1.165, 1.54) is 12.3 Å². The van der Waals surface area contributed by atoms with Gasteiger partial charge < -0.3 is 5.11 Å². The minimum atomic E-state index is -3.61. The fourth-order valence-corrected chi connectivity index (χ4v) is 3.08. The van der Waals surface area contributed by atoms with Gasteiger partial charge in [0.2, 0.25) is 0 Å². The molecule has 0 spiro atoms. The van der Waals surface area contributed by atoms with Gasteiger partial charge in [0.05, 0.1) is 5.60 Å². The molecule has 0 aromatic carbocycles. The van der Waals surface area contributed by atoms with E-state index in [4.69, 9.17) is 0 Å². The van der Waals surface area contributed by atoms with E-state index in [1.54, 1.807) is 12.1 Å². The van der Waals surface area contributed by atoms with E-state index < -0.39 is 15.6 Å². The Morgan fingerprint density at radius 2 is 2.06 bits per heavy atom. The Kier molecular flexibility index (Phi) is 3.46. The van der Waals surface area contributed by atoms with Crippen molar-refractivity contribution in [3.05, 3.63) is 24.4 Å². The summed E-state index contributed by atoms with van der Waals surface area (Å²) in [7, 11) is -3.61.